The largest absolute Gasteiger partial charge is 0.508 e. The average Bonchev–Trinajstić information content (AvgIpc) is 2.85. The number of amides is 1. The topological polar surface area (TPSA) is 49.3 Å². The van der Waals surface area contributed by atoms with E-state index in [0.717, 1.165) is 17.7 Å². The van der Waals surface area contributed by atoms with Crippen molar-refractivity contribution in [2.75, 3.05) is 0 Å². The lowest BCUT2D eigenvalue weighted by Gasteiger charge is -2.16. The fourth-order valence-corrected chi connectivity index (χ4v) is 3.05. The highest BCUT2D eigenvalue weighted by Gasteiger charge is 2.21. The lowest BCUT2D eigenvalue weighted by atomic mass is 10.2. The summed E-state index contributed by atoms with van der Waals surface area (Å²) in [5, 5.41) is 12.2. The lowest BCUT2D eigenvalue weighted by molar-refractivity contribution is -0.120. The molecule has 1 unspecified atom stereocenters. The average molecular weight is 265 g/mol. The Bertz CT molecular complexity index is 399. The predicted molar refractivity (Wildman–Crippen MR) is 73.8 cm³/mol. The number of thioether (sulfide) groups is 1. The van der Waals surface area contributed by atoms with Crippen LogP contribution in [0.25, 0.3) is 0 Å². The van der Waals surface area contributed by atoms with Crippen molar-refractivity contribution in [1.82, 2.24) is 5.32 Å². The first-order chi connectivity index (χ1) is 8.65. The number of carbonyl (C=O) groups excluding carboxylic acids is 1. The van der Waals surface area contributed by atoms with Gasteiger partial charge >= 0.3 is 0 Å². The summed E-state index contributed by atoms with van der Waals surface area (Å²) in [6.07, 6.45) is 4.68. The minimum absolute atomic E-state index is 0.102. The standard InChI is InChI=1S/C14H19NO2S/c1-10(14(17)15-11-4-2-3-5-11)18-13-8-6-12(16)7-9-13/h6-11,16H,2-5H2,1H3,(H,15,17). The molecule has 1 fully saturated rings. The van der Waals surface area contributed by atoms with Gasteiger partial charge in [-0.1, -0.05) is 12.8 Å². The molecule has 1 amide bonds. The number of hydrogen-bond donors (Lipinski definition) is 2. The molecular weight excluding hydrogens is 246 g/mol. The predicted octanol–water partition coefficient (Wildman–Crippen LogP) is 2.93. The number of aromatic hydroxyl groups is 1. The molecule has 1 aromatic carbocycles. The maximum absolute atomic E-state index is 12.0. The Morgan fingerprint density at radius 1 is 1.33 bits per heavy atom. The highest BCUT2D eigenvalue weighted by Crippen LogP contribution is 2.26. The summed E-state index contributed by atoms with van der Waals surface area (Å²) in [5.74, 6) is 0.363. The van der Waals surface area contributed by atoms with Gasteiger partial charge in [0.1, 0.15) is 5.75 Å². The lowest BCUT2D eigenvalue weighted by Crippen LogP contribution is -2.37. The van der Waals surface area contributed by atoms with Crippen LogP contribution >= 0.6 is 11.8 Å². The van der Waals surface area contributed by atoms with Crippen LogP contribution in [0.3, 0.4) is 0 Å². The van der Waals surface area contributed by atoms with E-state index in [1.807, 2.05) is 19.1 Å². The van der Waals surface area contributed by atoms with E-state index >= 15 is 0 Å². The molecule has 1 atom stereocenters. The quantitative estimate of drug-likeness (QED) is 0.823. The van der Waals surface area contributed by atoms with Crippen molar-refractivity contribution >= 4 is 17.7 Å². The molecule has 1 saturated carbocycles. The van der Waals surface area contributed by atoms with Gasteiger partial charge in [0.2, 0.25) is 5.91 Å². The zero-order valence-corrected chi connectivity index (χ0v) is 11.4. The minimum Gasteiger partial charge on any atom is -0.508 e. The normalized spacial score (nSPS) is 17.6. The molecule has 0 radical (unpaired) electrons. The molecule has 1 aliphatic rings. The van der Waals surface area contributed by atoms with Crippen LogP contribution < -0.4 is 5.32 Å². The summed E-state index contributed by atoms with van der Waals surface area (Å²) in [6, 6.07) is 7.33. The first-order valence-corrected chi connectivity index (χ1v) is 7.29. The van der Waals surface area contributed by atoms with Crippen LogP contribution in [0.15, 0.2) is 29.2 Å². The molecule has 0 bridgehead atoms. The van der Waals surface area contributed by atoms with Crippen molar-refractivity contribution in [2.24, 2.45) is 0 Å². The number of nitrogens with one attached hydrogen (secondary N) is 1. The van der Waals surface area contributed by atoms with E-state index in [9.17, 15) is 9.90 Å². The van der Waals surface area contributed by atoms with Crippen LogP contribution in [0.5, 0.6) is 5.75 Å². The zero-order valence-electron chi connectivity index (χ0n) is 10.6. The van der Waals surface area contributed by atoms with E-state index in [1.54, 1.807) is 12.1 Å². The van der Waals surface area contributed by atoms with E-state index in [0.29, 0.717) is 6.04 Å². The summed E-state index contributed by atoms with van der Waals surface area (Å²) in [6.45, 7) is 1.92. The van der Waals surface area contributed by atoms with Gasteiger partial charge in [-0.05, 0) is 44.0 Å². The van der Waals surface area contributed by atoms with Crippen molar-refractivity contribution in [3.63, 3.8) is 0 Å². The van der Waals surface area contributed by atoms with Gasteiger partial charge < -0.3 is 10.4 Å². The molecule has 1 aliphatic carbocycles. The van der Waals surface area contributed by atoms with Crippen LogP contribution in [0.4, 0.5) is 0 Å². The summed E-state index contributed by atoms with van der Waals surface area (Å²) >= 11 is 1.52. The van der Waals surface area contributed by atoms with Crippen LogP contribution in [-0.4, -0.2) is 22.3 Å². The Kier molecular flexibility index (Phi) is 4.53. The maximum atomic E-state index is 12.0. The van der Waals surface area contributed by atoms with Gasteiger partial charge in [-0.15, -0.1) is 11.8 Å². The molecule has 0 saturated heterocycles. The molecule has 3 nitrogen and oxygen atoms in total. The van der Waals surface area contributed by atoms with Crippen LogP contribution in [0.1, 0.15) is 32.6 Å². The van der Waals surface area contributed by atoms with Gasteiger partial charge in [-0.2, -0.15) is 0 Å². The Morgan fingerprint density at radius 2 is 1.94 bits per heavy atom. The summed E-state index contributed by atoms with van der Waals surface area (Å²) in [7, 11) is 0. The number of carbonyl (C=O) groups is 1. The molecule has 18 heavy (non-hydrogen) atoms. The van der Waals surface area contributed by atoms with Gasteiger partial charge in [-0.25, -0.2) is 0 Å². The van der Waals surface area contributed by atoms with Crippen LogP contribution in [0.2, 0.25) is 0 Å². The highest BCUT2D eigenvalue weighted by atomic mass is 32.2. The molecule has 1 aromatic rings. The van der Waals surface area contributed by atoms with Gasteiger partial charge in [0, 0.05) is 10.9 Å². The maximum Gasteiger partial charge on any atom is 0.233 e. The number of hydrogen-bond acceptors (Lipinski definition) is 3. The summed E-state index contributed by atoms with van der Waals surface area (Å²) in [4.78, 5) is 13.0. The van der Waals surface area contributed by atoms with Crippen LogP contribution in [0, 0.1) is 0 Å². The van der Waals surface area contributed by atoms with Gasteiger partial charge in [0.05, 0.1) is 5.25 Å². The fraction of sp³-hybridized carbons (Fsp3) is 0.500. The molecule has 0 heterocycles. The fourth-order valence-electron chi connectivity index (χ4n) is 2.17. The molecule has 0 aliphatic heterocycles. The third kappa shape index (κ3) is 3.67. The third-order valence-corrected chi connectivity index (χ3v) is 4.33. The van der Waals surface area contributed by atoms with E-state index in [2.05, 4.69) is 5.32 Å². The van der Waals surface area contributed by atoms with Crippen molar-refractivity contribution in [1.29, 1.82) is 0 Å². The van der Waals surface area contributed by atoms with Crippen LogP contribution in [-0.2, 0) is 4.79 Å². The molecule has 98 valence electrons. The van der Waals surface area contributed by atoms with Crippen molar-refractivity contribution in [2.45, 2.75) is 48.8 Å². The zero-order chi connectivity index (χ0) is 13.0. The van der Waals surface area contributed by atoms with Crippen molar-refractivity contribution < 1.29 is 9.90 Å². The van der Waals surface area contributed by atoms with Crippen molar-refractivity contribution in [3.8, 4) is 5.75 Å². The van der Waals surface area contributed by atoms with Gasteiger partial charge in [-0.3, -0.25) is 4.79 Å². The number of benzene rings is 1. The van der Waals surface area contributed by atoms with E-state index < -0.39 is 0 Å². The molecule has 2 N–H and O–H groups in total. The Hall–Kier alpha value is -1.16. The minimum atomic E-state index is -0.102. The second-order valence-corrected chi connectivity index (χ2v) is 6.16. The number of phenolic OH excluding ortho intramolecular Hbond substituents is 1. The summed E-state index contributed by atoms with van der Waals surface area (Å²) < 4.78 is 0. The van der Waals surface area contributed by atoms with Gasteiger partial charge in [0.25, 0.3) is 0 Å². The van der Waals surface area contributed by atoms with E-state index in [1.165, 1.54) is 24.6 Å². The smallest absolute Gasteiger partial charge is 0.233 e. The third-order valence-electron chi connectivity index (χ3n) is 3.22. The number of phenols is 1. The Morgan fingerprint density at radius 3 is 2.56 bits per heavy atom. The Labute approximate surface area is 112 Å². The molecule has 4 heteroatoms. The Balaban J connectivity index is 1.84. The second kappa shape index (κ2) is 6.14. The molecule has 0 aromatic heterocycles. The van der Waals surface area contributed by atoms with Gasteiger partial charge in [0.15, 0.2) is 0 Å². The molecule has 0 spiro atoms. The highest BCUT2D eigenvalue weighted by molar-refractivity contribution is 8.00. The SMILES string of the molecule is CC(Sc1ccc(O)cc1)C(=O)NC1CCCC1. The molecular formula is C14H19NO2S. The summed E-state index contributed by atoms with van der Waals surface area (Å²) in [5.41, 5.74) is 0. The van der Waals surface area contributed by atoms with Crippen molar-refractivity contribution in [3.05, 3.63) is 24.3 Å². The second-order valence-electron chi connectivity index (χ2n) is 4.74. The first kappa shape index (κ1) is 13.3. The first-order valence-electron chi connectivity index (χ1n) is 6.41. The van der Waals surface area contributed by atoms with E-state index in [4.69, 9.17) is 0 Å². The molecule has 2 rings (SSSR count). The van der Waals surface area contributed by atoms with E-state index in [-0.39, 0.29) is 16.9 Å². The monoisotopic (exact) mass is 265 g/mol. The number of rotatable bonds is 4.